The Balaban J connectivity index is 1.78. The lowest BCUT2D eigenvalue weighted by atomic mass is 10.1. The fourth-order valence-electron chi connectivity index (χ4n) is 4.14. The molecule has 2 saturated heterocycles. The van der Waals surface area contributed by atoms with Crippen LogP contribution < -0.4 is 0 Å². The molecule has 0 amide bonds. The topological polar surface area (TPSA) is 18.5 Å². The summed E-state index contributed by atoms with van der Waals surface area (Å²) in [5.74, 6) is -0.352. The Morgan fingerprint density at radius 3 is 1.88 bits per heavy atom. The van der Waals surface area contributed by atoms with E-state index in [0.717, 1.165) is 17.0 Å². The molecule has 2 heterocycles. The summed E-state index contributed by atoms with van der Waals surface area (Å²) in [5.41, 5.74) is 2.46. The van der Waals surface area contributed by atoms with Gasteiger partial charge in [0, 0.05) is 11.3 Å². The molecule has 0 aromatic heterocycles. The average molecular weight is 256 g/mol. The van der Waals surface area contributed by atoms with Crippen LogP contribution >= 0.6 is 7.92 Å². The lowest BCUT2D eigenvalue weighted by Gasteiger charge is -2.31. The summed E-state index contributed by atoms with van der Waals surface area (Å²) in [6.45, 7) is 8.94. The van der Waals surface area contributed by atoms with Gasteiger partial charge in [-0.3, -0.25) is 0 Å². The van der Waals surface area contributed by atoms with E-state index in [1.54, 1.807) is 0 Å². The van der Waals surface area contributed by atoms with E-state index >= 15 is 0 Å². The lowest BCUT2D eigenvalue weighted by Crippen LogP contribution is -2.27. The second-order valence-electron chi connectivity index (χ2n) is 6.43. The van der Waals surface area contributed by atoms with Crippen molar-refractivity contribution in [3.05, 3.63) is 0 Å². The van der Waals surface area contributed by atoms with Crippen LogP contribution in [0.4, 0.5) is 0 Å². The van der Waals surface area contributed by atoms with Gasteiger partial charge in [0.15, 0.2) is 5.79 Å². The molecule has 0 aromatic rings. The van der Waals surface area contributed by atoms with Crippen LogP contribution in [0.1, 0.15) is 53.4 Å². The predicted octanol–water partition coefficient (Wildman–Crippen LogP) is 3.72. The van der Waals surface area contributed by atoms with Gasteiger partial charge in [-0.25, -0.2) is 0 Å². The fraction of sp³-hybridized carbons (Fsp3) is 1.00. The van der Waals surface area contributed by atoms with Crippen LogP contribution in [0.15, 0.2) is 0 Å². The van der Waals surface area contributed by atoms with Gasteiger partial charge in [-0.15, -0.1) is 0 Å². The van der Waals surface area contributed by atoms with E-state index in [0.29, 0.717) is 12.2 Å². The number of ether oxygens (including phenoxy) is 2. The van der Waals surface area contributed by atoms with Gasteiger partial charge in [-0.2, -0.15) is 0 Å². The first-order chi connectivity index (χ1) is 7.99. The molecular weight excluding hydrogens is 231 g/mol. The first kappa shape index (κ1) is 12.4. The van der Waals surface area contributed by atoms with Gasteiger partial charge in [0.2, 0.25) is 0 Å². The van der Waals surface area contributed by atoms with Gasteiger partial charge >= 0.3 is 0 Å². The van der Waals surface area contributed by atoms with E-state index in [2.05, 4.69) is 27.7 Å². The Bertz CT molecular complexity index is 279. The van der Waals surface area contributed by atoms with Crippen LogP contribution in [0.25, 0.3) is 0 Å². The van der Waals surface area contributed by atoms with Gasteiger partial charge in [0.05, 0.1) is 12.2 Å². The maximum Gasteiger partial charge on any atom is 0.163 e. The maximum atomic E-state index is 6.14. The Hall–Kier alpha value is 0.350. The predicted molar refractivity (Wildman–Crippen MR) is 71.9 cm³/mol. The number of fused-ring (bicyclic) bond motifs is 1. The van der Waals surface area contributed by atoms with Crippen molar-refractivity contribution < 1.29 is 9.47 Å². The van der Waals surface area contributed by atoms with Crippen molar-refractivity contribution in [3.63, 3.8) is 0 Å². The van der Waals surface area contributed by atoms with Crippen molar-refractivity contribution in [1.29, 1.82) is 0 Å². The van der Waals surface area contributed by atoms with E-state index < -0.39 is 0 Å². The van der Waals surface area contributed by atoms with Crippen LogP contribution in [-0.4, -0.2) is 35.0 Å². The van der Waals surface area contributed by atoms with Crippen molar-refractivity contribution in [1.82, 2.24) is 0 Å². The summed E-state index contributed by atoms with van der Waals surface area (Å²) < 4.78 is 12.3. The molecule has 2 nitrogen and oxygen atoms in total. The molecule has 4 atom stereocenters. The molecule has 0 radical (unpaired) electrons. The first-order valence-electron chi connectivity index (χ1n) is 7.13. The molecule has 98 valence electrons. The van der Waals surface area contributed by atoms with Crippen LogP contribution in [0, 0.1) is 0 Å². The van der Waals surface area contributed by atoms with E-state index in [1.807, 2.05) is 0 Å². The molecule has 3 aliphatic rings. The molecule has 0 bridgehead atoms. The zero-order valence-electron chi connectivity index (χ0n) is 11.5. The van der Waals surface area contributed by atoms with Gasteiger partial charge in [-0.05, 0) is 32.3 Å². The molecule has 3 fully saturated rings. The van der Waals surface area contributed by atoms with E-state index in [9.17, 15) is 0 Å². The Labute approximate surface area is 106 Å². The van der Waals surface area contributed by atoms with Crippen molar-refractivity contribution in [2.45, 2.75) is 88.4 Å². The minimum atomic E-state index is -0.352. The van der Waals surface area contributed by atoms with Crippen molar-refractivity contribution in [3.8, 4) is 0 Å². The van der Waals surface area contributed by atoms with Crippen molar-refractivity contribution in [2.75, 3.05) is 0 Å². The van der Waals surface area contributed by atoms with Crippen molar-refractivity contribution >= 4 is 7.92 Å². The third-order valence-corrected chi connectivity index (χ3v) is 8.63. The average Bonchev–Trinajstić information content (AvgIpc) is 2.88. The second-order valence-corrected chi connectivity index (χ2v) is 9.69. The molecule has 0 spiro atoms. The summed E-state index contributed by atoms with van der Waals surface area (Å²) in [4.78, 5) is 0. The Kier molecular flexibility index (Phi) is 3.05. The van der Waals surface area contributed by atoms with Gasteiger partial charge < -0.3 is 9.47 Å². The molecule has 3 rings (SSSR count). The summed E-state index contributed by atoms with van der Waals surface area (Å²) in [6.07, 6.45) is 6.56. The third-order valence-electron chi connectivity index (χ3n) is 4.80. The molecule has 4 unspecified atom stereocenters. The molecule has 3 heteroatoms. The summed E-state index contributed by atoms with van der Waals surface area (Å²) in [5, 5.41) is 0. The normalized spacial score (nSPS) is 49.8. The fourth-order valence-corrected chi connectivity index (χ4v) is 8.31. The largest absolute Gasteiger partial charge is 0.344 e. The first-order valence-corrected chi connectivity index (χ1v) is 8.67. The highest BCUT2D eigenvalue weighted by Crippen LogP contribution is 2.65. The smallest absolute Gasteiger partial charge is 0.163 e. The monoisotopic (exact) mass is 256 g/mol. The number of hydrogen-bond donors (Lipinski definition) is 0. The number of hydrogen-bond acceptors (Lipinski definition) is 2. The highest BCUT2D eigenvalue weighted by atomic mass is 31.1. The Morgan fingerprint density at radius 1 is 0.941 bits per heavy atom. The minimum Gasteiger partial charge on any atom is -0.344 e. The standard InChI is InChI=1S/C14H25O2P/c1-9-12-13(16-14(3,4)15-12)10(2)17(9)11-7-5-6-8-11/h9-13H,5-8H2,1-4H3. The highest BCUT2D eigenvalue weighted by molar-refractivity contribution is 7.60. The molecular formula is C14H25O2P. The third kappa shape index (κ3) is 1.97. The maximum absolute atomic E-state index is 6.14. The molecule has 1 saturated carbocycles. The zero-order chi connectivity index (χ0) is 12.2. The molecule has 2 aliphatic heterocycles. The second kappa shape index (κ2) is 4.18. The highest BCUT2D eigenvalue weighted by Gasteiger charge is 2.56. The lowest BCUT2D eigenvalue weighted by molar-refractivity contribution is -0.147. The van der Waals surface area contributed by atoms with Crippen LogP contribution in [0.3, 0.4) is 0 Å². The summed E-state index contributed by atoms with van der Waals surface area (Å²) >= 11 is 0. The molecule has 17 heavy (non-hydrogen) atoms. The summed E-state index contributed by atoms with van der Waals surface area (Å²) in [6, 6.07) is 0. The SMILES string of the molecule is CC1C2OC(C)(C)OC2C(C)P1C1CCCC1. The summed E-state index contributed by atoms with van der Waals surface area (Å²) in [7, 11) is 0.107. The van der Waals surface area contributed by atoms with Crippen LogP contribution in [0.2, 0.25) is 0 Å². The van der Waals surface area contributed by atoms with Crippen LogP contribution in [-0.2, 0) is 9.47 Å². The molecule has 0 N–H and O–H groups in total. The minimum absolute atomic E-state index is 0.107. The van der Waals surface area contributed by atoms with E-state index in [4.69, 9.17) is 9.47 Å². The Morgan fingerprint density at radius 2 is 1.41 bits per heavy atom. The quantitative estimate of drug-likeness (QED) is 0.666. The van der Waals surface area contributed by atoms with Crippen LogP contribution in [0.5, 0.6) is 0 Å². The molecule has 1 aliphatic carbocycles. The zero-order valence-corrected chi connectivity index (χ0v) is 12.4. The van der Waals surface area contributed by atoms with E-state index in [1.165, 1.54) is 25.7 Å². The van der Waals surface area contributed by atoms with Gasteiger partial charge in [-0.1, -0.05) is 34.6 Å². The van der Waals surface area contributed by atoms with Gasteiger partial charge in [0.1, 0.15) is 0 Å². The van der Waals surface area contributed by atoms with Crippen molar-refractivity contribution in [2.24, 2.45) is 0 Å². The molecule has 0 aromatic carbocycles. The number of rotatable bonds is 1. The van der Waals surface area contributed by atoms with Gasteiger partial charge in [0.25, 0.3) is 0 Å². The van der Waals surface area contributed by atoms with E-state index in [-0.39, 0.29) is 13.7 Å².